The maximum atomic E-state index is 12.8. The third kappa shape index (κ3) is 2.27. The minimum absolute atomic E-state index is 0.00538. The SMILES string of the molecule is CC1CCCC(C(=O)O)(N2C(=O)CC(C)(C(C)C)C2=O)C1. The number of rotatable bonds is 3. The number of carbonyl (C=O) groups excluding carboxylic acids is 2. The molecule has 1 aliphatic heterocycles. The van der Waals surface area contributed by atoms with Gasteiger partial charge in [0.15, 0.2) is 0 Å². The molecule has 2 aliphatic rings. The van der Waals surface area contributed by atoms with Crippen molar-refractivity contribution in [3.8, 4) is 0 Å². The summed E-state index contributed by atoms with van der Waals surface area (Å²) in [6, 6.07) is 0. The lowest BCUT2D eigenvalue weighted by atomic mass is 9.74. The van der Waals surface area contributed by atoms with Gasteiger partial charge >= 0.3 is 5.97 Å². The van der Waals surface area contributed by atoms with Crippen molar-refractivity contribution in [3.05, 3.63) is 0 Å². The van der Waals surface area contributed by atoms with Crippen LogP contribution in [0.2, 0.25) is 0 Å². The van der Waals surface area contributed by atoms with Gasteiger partial charge in [-0.2, -0.15) is 0 Å². The largest absolute Gasteiger partial charge is 0.479 e. The Morgan fingerprint density at radius 1 is 1.38 bits per heavy atom. The molecule has 1 aliphatic carbocycles. The molecule has 0 bridgehead atoms. The predicted octanol–water partition coefficient (Wildman–Crippen LogP) is 2.44. The number of imide groups is 1. The van der Waals surface area contributed by atoms with Crippen LogP contribution >= 0.6 is 0 Å². The second-order valence-electron chi connectivity index (χ2n) is 7.32. The van der Waals surface area contributed by atoms with Crippen LogP contribution in [0.4, 0.5) is 0 Å². The monoisotopic (exact) mass is 295 g/mol. The topological polar surface area (TPSA) is 74.7 Å². The van der Waals surface area contributed by atoms with Gasteiger partial charge in [-0.15, -0.1) is 0 Å². The zero-order valence-electron chi connectivity index (χ0n) is 13.3. The molecule has 118 valence electrons. The summed E-state index contributed by atoms with van der Waals surface area (Å²) < 4.78 is 0. The van der Waals surface area contributed by atoms with E-state index in [0.717, 1.165) is 17.7 Å². The lowest BCUT2D eigenvalue weighted by Crippen LogP contribution is -2.60. The van der Waals surface area contributed by atoms with Gasteiger partial charge in [0.1, 0.15) is 5.54 Å². The maximum absolute atomic E-state index is 12.8. The number of carboxylic acids is 1. The number of carboxylic acid groups (broad SMARTS) is 1. The third-order valence-electron chi connectivity index (χ3n) is 5.53. The van der Waals surface area contributed by atoms with Crippen molar-refractivity contribution in [2.24, 2.45) is 17.3 Å². The summed E-state index contributed by atoms with van der Waals surface area (Å²) in [5.74, 6) is -1.46. The molecule has 0 spiro atoms. The van der Waals surface area contributed by atoms with Crippen LogP contribution in [0.3, 0.4) is 0 Å². The molecular weight excluding hydrogens is 270 g/mol. The van der Waals surface area contributed by atoms with Crippen molar-refractivity contribution in [1.82, 2.24) is 4.90 Å². The molecule has 0 aromatic rings. The van der Waals surface area contributed by atoms with Gasteiger partial charge in [0.25, 0.3) is 0 Å². The summed E-state index contributed by atoms with van der Waals surface area (Å²) in [5, 5.41) is 9.77. The molecule has 2 rings (SSSR count). The van der Waals surface area contributed by atoms with E-state index in [1.807, 2.05) is 20.8 Å². The Balaban J connectivity index is 2.45. The highest BCUT2D eigenvalue weighted by atomic mass is 16.4. The van der Waals surface area contributed by atoms with E-state index in [4.69, 9.17) is 0 Å². The van der Waals surface area contributed by atoms with Crippen molar-refractivity contribution in [3.63, 3.8) is 0 Å². The number of hydrogen-bond donors (Lipinski definition) is 1. The lowest BCUT2D eigenvalue weighted by molar-refractivity contribution is -0.168. The van der Waals surface area contributed by atoms with Gasteiger partial charge in [0.05, 0.1) is 5.41 Å². The van der Waals surface area contributed by atoms with Crippen molar-refractivity contribution in [2.45, 2.75) is 65.3 Å². The molecule has 5 heteroatoms. The molecule has 21 heavy (non-hydrogen) atoms. The quantitative estimate of drug-likeness (QED) is 0.811. The highest BCUT2D eigenvalue weighted by Gasteiger charge is 2.60. The molecular formula is C16H25NO4. The van der Waals surface area contributed by atoms with E-state index in [1.165, 1.54) is 0 Å². The second-order valence-corrected chi connectivity index (χ2v) is 7.32. The Morgan fingerprint density at radius 2 is 2.00 bits per heavy atom. The first-order chi connectivity index (χ1) is 9.65. The van der Waals surface area contributed by atoms with Gasteiger partial charge in [-0.3, -0.25) is 14.5 Å². The van der Waals surface area contributed by atoms with Crippen molar-refractivity contribution in [2.75, 3.05) is 0 Å². The molecule has 0 aromatic heterocycles. The number of amides is 2. The molecule has 1 heterocycles. The van der Waals surface area contributed by atoms with E-state index in [1.54, 1.807) is 6.92 Å². The summed E-state index contributed by atoms with van der Waals surface area (Å²) in [5.41, 5.74) is -2.11. The number of likely N-dealkylation sites (tertiary alicyclic amines) is 1. The Labute approximate surface area is 125 Å². The second kappa shape index (κ2) is 5.11. The first-order valence-electron chi connectivity index (χ1n) is 7.76. The molecule has 1 saturated heterocycles. The molecule has 3 atom stereocenters. The van der Waals surface area contributed by atoms with Gasteiger partial charge in [-0.25, -0.2) is 4.79 Å². The Morgan fingerprint density at radius 3 is 2.43 bits per heavy atom. The Hall–Kier alpha value is -1.39. The van der Waals surface area contributed by atoms with Crippen molar-refractivity contribution in [1.29, 1.82) is 0 Å². The molecule has 2 amide bonds. The fourth-order valence-electron chi connectivity index (χ4n) is 3.74. The summed E-state index contributed by atoms with van der Waals surface area (Å²) in [7, 11) is 0. The molecule has 0 aromatic carbocycles. The van der Waals surface area contributed by atoms with Gasteiger partial charge in [-0.1, -0.05) is 33.6 Å². The van der Waals surface area contributed by atoms with Crippen LogP contribution in [0.1, 0.15) is 59.8 Å². The van der Waals surface area contributed by atoms with Crippen LogP contribution in [-0.2, 0) is 14.4 Å². The summed E-state index contributed by atoms with van der Waals surface area (Å²) in [4.78, 5) is 38.3. The van der Waals surface area contributed by atoms with Crippen LogP contribution in [-0.4, -0.2) is 33.3 Å². The summed E-state index contributed by atoms with van der Waals surface area (Å²) >= 11 is 0. The van der Waals surface area contributed by atoms with Crippen LogP contribution < -0.4 is 0 Å². The lowest BCUT2D eigenvalue weighted by Gasteiger charge is -2.42. The van der Waals surface area contributed by atoms with Crippen LogP contribution in [0.25, 0.3) is 0 Å². The Bertz CT molecular complexity index is 487. The minimum Gasteiger partial charge on any atom is -0.479 e. The van der Waals surface area contributed by atoms with Gasteiger partial charge in [0, 0.05) is 6.42 Å². The number of carbonyl (C=O) groups is 3. The van der Waals surface area contributed by atoms with E-state index < -0.39 is 16.9 Å². The van der Waals surface area contributed by atoms with E-state index in [9.17, 15) is 19.5 Å². The molecule has 5 nitrogen and oxygen atoms in total. The van der Waals surface area contributed by atoms with Gasteiger partial charge in [0.2, 0.25) is 11.8 Å². The molecule has 1 saturated carbocycles. The van der Waals surface area contributed by atoms with E-state index >= 15 is 0 Å². The molecule has 0 radical (unpaired) electrons. The van der Waals surface area contributed by atoms with Crippen LogP contribution in [0, 0.1) is 17.3 Å². The Kier molecular flexibility index (Phi) is 3.89. The average Bonchev–Trinajstić information content (AvgIpc) is 2.61. The highest BCUT2D eigenvalue weighted by molar-refractivity contribution is 6.09. The normalized spacial score (nSPS) is 37.4. The fraction of sp³-hybridized carbons (Fsp3) is 0.812. The van der Waals surface area contributed by atoms with Gasteiger partial charge < -0.3 is 5.11 Å². The van der Waals surface area contributed by atoms with E-state index in [2.05, 4.69) is 0 Å². The number of hydrogen-bond acceptors (Lipinski definition) is 3. The minimum atomic E-state index is -1.33. The molecule has 3 unspecified atom stereocenters. The zero-order chi connectivity index (χ0) is 16.0. The highest BCUT2D eigenvalue weighted by Crippen LogP contribution is 2.46. The first kappa shape index (κ1) is 16.0. The first-order valence-corrected chi connectivity index (χ1v) is 7.76. The molecule has 1 N–H and O–H groups in total. The van der Waals surface area contributed by atoms with Crippen LogP contribution in [0.15, 0.2) is 0 Å². The molecule has 2 fully saturated rings. The predicted molar refractivity (Wildman–Crippen MR) is 77.4 cm³/mol. The van der Waals surface area contributed by atoms with E-state index in [0.29, 0.717) is 12.8 Å². The number of aliphatic carboxylic acids is 1. The van der Waals surface area contributed by atoms with Crippen molar-refractivity contribution >= 4 is 17.8 Å². The van der Waals surface area contributed by atoms with Crippen LogP contribution in [0.5, 0.6) is 0 Å². The average molecular weight is 295 g/mol. The fourth-order valence-corrected chi connectivity index (χ4v) is 3.74. The van der Waals surface area contributed by atoms with E-state index in [-0.39, 0.29) is 30.1 Å². The van der Waals surface area contributed by atoms with Crippen molar-refractivity contribution < 1.29 is 19.5 Å². The number of nitrogens with zero attached hydrogens (tertiary/aromatic N) is 1. The zero-order valence-corrected chi connectivity index (χ0v) is 13.3. The maximum Gasteiger partial charge on any atom is 0.330 e. The summed E-state index contributed by atoms with van der Waals surface area (Å²) in [6.07, 6.45) is 2.55. The smallest absolute Gasteiger partial charge is 0.330 e. The standard InChI is InChI=1S/C16H25NO4/c1-10(2)15(4)9-12(18)17(13(15)19)16(14(20)21)7-5-6-11(3)8-16/h10-11H,5-9H2,1-4H3,(H,20,21). The van der Waals surface area contributed by atoms with Gasteiger partial charge in [-0.05, 0) is 31.6 Å². The third-order valence-corrected chi connectivity index (χ3v) is 5.53. The summed E-state index contributed by atoms with van der Waals surface area (Å²) in [6.45, 7) is 7.58.